The van der Waals surface area contributed by atoms with Gasteiger partial charge in [0.1, 0.15) is 17.1 Å². The summed E-state index contributed by atoms with van der Waals surface area (Å²) in [6.45, 7) is 0. The van der Waals surface area contributed by atoms with Gasteiger partial charge in [0.05, 0.1) is 11.9 Å². The van der Waals surface area contributed by atoms with Crippen LogP contribution in [0.3, 0.4) is 0 Å². The van der Waals surface area contributed by atoms with Gasteiger partial charge in [-0.05, 0) is 30.3 Å². The molecule has 5 heteroatoms. The van der Waals surface area contributed by atoms with Gasteiger partial charge in [0.15, 0.2) is 0 Å². The highest BCUT2D eigenvalue weighted by Gasteiger charge is 2.02. The Kier molecular flexibility index (Phi) is 2.05. The van der Waals surface area contributed by atoms with Crippen molar-refractivity contribution in [1.29, 1.82) is 0 Å². The van der Waals surface area contributed by atoms with Crippen molar-refractivity contribution < 1.29 is 0 Å². The van der Waals surface area contributed by atoms with E-state index < -0.39 is 0 Å². The Labute approximate surface area is 108 Å². The molecule has 0 aliphatic carbocycles. The van der Waals surface area contributed by atoms with Gasteiger partial charge in [0.25, 0.3) is 0 Å². The molecule has 4 heterocycles. The van der Waals surface area contributed by atoms with Crippen molar-refractivity contribution in [2.24, 2.45) is 0 Å². The van der Waals surface area contributed by atoms with Crippen molar-refractivity contribution in [1.82, 2.24) is 19.9 Å². The average molecular weight is 249 g/mol. The second-order valence-corrected chi connectivity index (χ2v) is 4.38. The van der Waals surface area contributed by atoms with E-state index in [1.54, 1.807) is 6.20 Å². The summed E-state index contributed by atoms with van der Waals surface area (Å²) >= 11 is 0. The van der Waals surface area contributed by atoms with E-state index in [4.69, 9.17) is 0 Å². The fourth-order valence-electron chi connectivity index (χ4n) is 2.16. The van der Waals surface area contributed by atoms with Crippen LogP contribution in [0.2, 0.25) is 0 Å². The van der Waals surface area contributed by atoms with E-state index in [2.05, 4.69) is 25.3 Å². The minimum Gasteiger partial charge on any atom is -0.346 e. The van der Waals surface area contributed by atoms with Gasteiger partial charge in [-0.2, -0.15) is 0 Å². The van der Waals surface area contributed by atoms with Crippen molar-refractivity contribution in [3.63, 3.8) is 0 Å². The first-order valence-corrected chi connectivity index (χ1v) is 6.03. The summed E-state index contributed by atoms with van der Waals surface area (Å²) in [6.07, 6.45) is 5.55. The number of aromatic nitrogens is 4. The Balaban J connectivity index is 1.72. The normalized spacial score (nSPS) is 11.2. The second kappa shape index (κ2) is 3.84. The molecule has 0 unspecified atom stereocenters. The molecule has 0 bridgehead atoms. The molecular weight excluding hydrogens is 238 g/mol. The van der Waals surface area contributed by atoms with Crippen molar-refractivity contribution in [3.05, 3.63) is 48.9 Å². The smallest absolute Gasteiger partial charge is 0.139 e. The highest BCUT2D eigenvalue weighted by atomic mass is 15.0. The third kappa shape index (κ3) is 1.72. The summed E-state index contributed by atoms with van der Waals surface area (Å²) in [5.41, 5.74) is 2.68. The largest absolute Gasteiger partial charge is 0.346 e. The summed E-state index contributed by atoms with van der Waals surface area (Å²) in [7, 11) is 0. The van der Waals surface area contributed by atoms with Gasteiger partial charge in [-0.15, -0.1) is 0 Å². The molecule has 0 saturated heterocycles. The SMILES string of the molecule is c1cc2cc(Nc3ccc4cc[nH]c4n3)cnc2[nH]1. The van der Waals surface area contributed by atoms with Crippen LogP contribution in [0.4, 0.5) is 11.5 Å². The molecule has 0 amide bonds. The maximum Gasteiger partial charge on any atom is 0.139 e. The number of pyridine rings is 2. The lowest BCUT2D eigenvalue weighted by atomic mass is 10.3. The molecule has 3 N–H and O–H groups in total. The number of fused-ring (bicyclic) bond motifs is 2. The Morgan fingerprint density at radius 3 is 2.68 bits per heavy atom. The summed E-state index contributed by atoms with van der Waals surface area (Å²) in [4.78, 5) is 15.0. The third-order valence-corrected chi connectivity index (χ3v) is 3.08. The molecule has 0 aromatic carbocycles. The minimum absolute atomic E-state index is 0.798. The van der Waals surface area contributed by atoms with Crippen LogP contribution < -0.4 is 5.32 Å². The van der Waals surface area contributed by atoms with E-state index in [0.717, 1.165) is 33.6 Å². The van der Waals surface area contributed by atoms with Crippen LogP contribution in [0.5, 0.6) is 0 Å². The predicted octanol–water partition coefficient (Wildman–Crippen LogP) is 3.18. The molecular formula is C14H11N5. The maximum atomic E-state index is 4.50. The summed E-state index contributed by atoms with van der Waals surface area (Å²) in [6, 6.07) is 10.0. The molecule has 19 heavy (non-hydrogen) atoms. The first kappa shape index (κ1) is 10.1. The Bertz CT molecular complexity index is 786. The lowest BCUT2D eigenvalue weighted by Crippen LogP contribution is -1.94. The lowest BCUT2D eigenvalue weighted by Gasteiger charge is -2.05. The fourth-order valence-corrected chi connectivity index (χ4v) is 2.16. The number of aromatic amines is 2. The molecule has 4 aromatic heterocycles. The number of anilines is 2. The zero-order valence-electron chi connectivity index (χ0n) is 10.0. The van der Waals surface area contributed by atoms with E-state index in [0.29, 0.717) is 0 Å². The van der Waals surface area contributed by atoms with E-state index >= 15 is 0 Å². The van der Waals surface area contributed by atoms with Gasteiger partial charge >= 0.3 is 0 Å². The van der Waals surface area contributed by atoms with E-state index in [1.807, 2.05) is 42.7 Å². The zero-order valence-corrected chi connectivity index (χ0v) is 10.0. The molecule has 0 saturated carbocycles. The predicted molar refractivity (Wildman–Crippen MR) is 75.5 cm³/mol. The molecule has 4 rings (SSSR count). The monoisotopic (exact) mass is 249 g/mol. The van der Waals surface area contributed by atoms with Crippen LogP contribution in [0.1, 0.15) is 0 Å². The van der Waals surface area contributed by atoms with Crippen LogP contribution in [0.15, 0.2) is 48.9 Å². The van der Waals surface area contributed by atoms with Crippen molar-refractivity contribution in [2.45, 2.75) is 0 Å². The Morgan fingerprint density at radius 2 is 1.74 bits per heavy atom. The van der Waals surface area contributed by atoms with Crippen LogP contribution >= 0.6 is 0 Å². The van der Waals surface area contributed by atoms with Gasteiger partial charge in [-0.3, -0.25) is 0 Å². The Hall–Kier alpha value is -2.82. The molecule has 0 spiro atoms. The van der Waals surface area contributed by atoms with Crippen molar-refractivity contribution in [2.75, 3.05) is 5.32 Å². The van der Waals surface area contributed by atoms with Gasteiger partial charge < -0.3 is 15.3 Å². The number of H-pyrrole nitrogens is 2. The number of nitrogens with one attached hydrogen (secondary N) is 3. The molecule has 0 aliphatic rings. The van der Waals surface area contributed by atoms with Crippen LogP contribution in [0.25, 0.3) is 22.1 Å². The van der Waals surface area contributed by atoms with E-state index in [1.165, 1.54) is 0 Å². The van der Waals surface area contributed by atoms with Crippen LogP contribution in [-0.4, -0.2) is 19.9 Å². The molecule has 0 aliphatic heterocycles. The molecule has 0 fully saturated rings. The number of hydrogen-bond donors (Lipinski definition) is 3. The average Bonchev–Trinajstić information content (AvgIpc) is 3.05. The number of rotatable bonds is 2. The molecule has 0 atom stereocenters. The first-order valence-electron chi connectivity index (χ1n) is 6.03. The minimum atomic E-state index is 0.798. The van der Waals surface area contributed by atoms with Crippen LogP contribution in [0, 0.1) is 0 Å². The first-order chi connectivity index (χ1) is 9.38. The lowest BCUT2D eigenvalue weighted by molar-refractivity contribution is 1.29. The topological polar surface area (TPSA) is 69.4 Å². The van der Waals surface area contributed by atoms with Gasteiger partial charge in [0.2, 0.25) is 0 Å². The van der Waals surface area contributed by atoms with Gasteiger partial charge in [0, 0.05) is 23.2 Å². The number of hydrogen-bond acceptors (Lipinski definition) is 3. The summed E-state index contributed by atoms with van der Waals surface area (Å²) in [5, 5.41) is 5.44. The zero-order chi connectivity index (χ0) is 12.7. The molecule has 4 aromatic rings. The van der Waals surface area contributed by atoms with E-state index in [9.17, 15) is 0 Å². The highest BCUT2D eigenvalue weighted by molar-refractivity contribution is 5.81. The van der Waals surface area contributed by atoms with Gasteiger partial charge in [-0.1, -0.05) is 0 Å². The molecule has 92 valence electrons. The fraction of sp³-hybridized carbons (Fsp3) is 0. The number of nitrogens with zero attached hydrogens (tertiary/aromatic N) is 2. The van der Waals surface area contributed by atoms with E-state index in [-0.39, 0.29) is 0 Å². The maximum absolute atomic E-state index is 4.50. The quantitative estimate of drug-likeness (QED) is 0.511. The Morgan fingerprint density at radius 1 is 0.895 bits per heavy atom. The standard InChI is InChI=1S/C14H11N5/c1-2-12(19-14-9(1)3-5-16-14)18-11-7-10-4-6-15-13(10)17-8-11/h1-8H,(H,15,17)(H2,16,18,19). The van der Waals surface area contributed by atoms with Crippen LogP contribution in [-0.2, 0) is 0 Å². The summed E-state index contributed by atoms with van der Waals surface area (Å²) < 4.78 is 0. The third-order valence-electron chi connectivity index (χ3n) is 3.08. The van der Waals surface area contributed by atoms with Crippen molar-refractivity contribution >= 4 is 33.6 Å². The van der Waals surface area contributed by atoms with Gasteiger partial charge in [-0.25, -0.2) is 9.97 Å². The summed E-state index contributed by atoms with van der Waals surface area (Å²) in [5.74, 6) is 0.798. The van der Waals surface area contributed by atoms with Crippen molar-refractivity contribution in [3.8, 4) is 0 Å². The highest BCUT2D eigenvalue weighted by Crippen LogP contribution is 2.20. The second-order valence-electron chi connectivity index (χ2n) is 4.38. The molecule has 5 nitrogen and oxygen atoms in total. The molecule has 0 radical (unpaired) electrons.